The molecule has 0 aliphatic carbocycles. The molecule has 92 valence electrons. The molecule has 5 heteroatoms. The Morgan fingerprint density at radius 2 is 2.35 bits per heavy atom. The number of carbonyl (C=O) groups excluding carboxylic acids is 1. The third-order valence-corrected chi connectivity index (χ3v) is 3.79. The fraction of sp³-hybridized carbons (Fsp3) is 0.417. The van der Waals surface area contributed by atoms with Crippen molar-refractivity contribution in [1.29, 1.82) is 0 Å². The number of halogens is 2. The van der Waals surface area contributed by atoms with Crippen LogP contribution in [0, 0.1) is 5.82 Å². The summed E-state index contributed by atoms with van der Waals surface area (Å²) in [5.41, 5.74) is 0.0844. The molecule has 1 atom stereocenters. The zero-order valence-electron chi connectivity index (χ0n) is 9.52. The first kappa shape index (κ1) is 12.5. The lowest BCUT2D eigenvalue weighted by Gasteiger charge is -2.24. The van der Waals surface area contributed by atoms with Crippen molar-refractivity contribution in [1.82, 2.24) is 10.6 Å². The van der Waals surface area contributed by atoms with E-state index in [2.05, 4.69) is 26.6 Å². The number of rotatable bonds is 2. The Bertz CT molecular complexity index is 444. The molecule has 1 heterocycles. The van der Waals surface area contributed by atoms with Crippen molar-refractivity contribution in [2.45, 2.75) is 18.9 Å². The van der Waals surface area contributed by atoms with Crippen molar-refractivity contribution in [2.75, 3.05) is 13.1 Å². The molecule has 1 saturated heterocycles. The highest BCUT2D eigenvalue weighted by Gasteiger charge is 2.30. The molecule has 0 bridgehead atoms. The van der Waals surface area contributed by atoms with Gasteiger partial charge in [-0.05, 0) is 48.0 Å². The second-order valence-electron chi connectivity index (χ2n) is 4.54. The minimum Gasteiger partial charge on any atom is -0.346 e. The van der Waals surface area contributed by atoms with Crippen LogP contribution in [0.2, 0.25) is 0 Å². The number of carbonyl (C=O) groups is 1. The molecule has 2 N–H and O–H groups in total. The lowest BCUT2D eigenvalue weighted by Crippen LogP contribution is -2.47. The van der Waals surface area contributed by atoms with Crippen LogP contribution < -0.4 is 10.6 Å². The second-order valence-corrected chi connectivity index (χ2v) is 5.34. The summed E-state index contributed by atoms with van der Waals surface area (Å²) in [5, 5.41) is 6.14. The molecule has 3 nitrogen and oxygen atoms in total. The molecular weight excluding hydrogens is 287 g/mol. The van der Waals surface area contributed by atoms with Crippen molar-refractivity contribution < 1.29 is 9.18 Å². The molecule has 1 fully saturated rings. The van der Waals surface area contributed by atoms with Crippen LogP contribution in [0.15, 0.2) is 22.7 Å². The molecular formula is C12H14BrFN2O. The summed E-state index contributed by atoms with van der Waals surface area (Å²) < 4.78 is 13.5. The third kappa shape index (κ3) is 2.66. The van der Waals surface area contributed by atoms with E-state index < -0.39 is 5.82 Å². The summed E-state index contributed by atoms with van der Waals surface area (Å²) in [5.74, 6) is -0.671. The van der Waals surface area contributed by atoms with Gasteiger partial charge in [0.2, 0.25) is 0 Å². The number of nitrogens with one attached hydrogen (secondary N) is 2. The highest BCUT2D eigenvalue weighted by Crippen LogP contribution is 2.22. The topological polar surface area (TPSA) is 41.1 Å². The van der Waals surface area contributed by atoms with Gasteiger partial charge in [-0.15, -0.1) is 0 Å². The first-order valence-corrected chi connectivity index (χ1v) is 6.28. The summed E-state index contributed by atoms with van der Waals surface area (Å²) in [7, 11) is 0. The molecule has 0 radical (unpaired) electrons. The van der Waals surface area contributed by atoms with Crippen LogP contribution in [0.25, 0.3) is 0 Å². The molecule has 1 aliphatic rings. The minimum atomic E-state index is -0.424. The van der Waals surface area contributed by atoms with E-state index in [1.165, 1.54) is 12.1 Å². The minimum absolute atomic E-state index is 0.215. The number of hydrogen-bond donors (Lipinski definition) is 2. The van der Waals surface area contributed by atoms with Crippen LogP contribution in [0.3, 0.4) is 0 Å². The first-order chi connectivity index (χ1) is 8.02. The van der Waals surface area contributed by atoms with Gasteiger partial charge < -0.3 is 10.6 Å². The van der Waals surface area contributed by atoms with Crippen LogP contribution in [-0.2, 0) is 0 Å². The van der Waals surface area contributed by atoms with Gasteiger partial charge in [0.1, 0.15) is 5.82 Å². The molecule has 1 aromatic rings. The summed E-state index contributed by atoms with van der Waals surface area (Å²) in [6, 6.07) is 4.46. The van der Waals surface area contributed by atoms with Gasteiger partial charge in [0.15, 0.2) is 0 Å². The van der Waals surface area contributed by atoms with E-state index in [0.717, 1.165) is 19.5 Å². The molecule has 0 aromatic heterocycles. The van der Waals surface area contributed by atoms with E-state index in [9.17, 15) is 9.18 Å². The predicted octanol–water partition coefficient (Wildman–Crippen LogP) is 2.07. The molecule has 0 spiro atoms. The van der Waals surface area contributed by atoms with Gasteiger partial charge >= 0.3 is 0 Å². The number of hydrogen-bond acceptors (Lipinski definition) is 2. The van der Waals surface area contributed by atoms with Crippen molar-refractivity contribution in [3.05, 3.63) is 34.1 Å². The lowest BCUT2D eigenvalue weighted by molar-refractivity contribution is 0.0911. The van der Waals surface area contributed by atoms with Crippen molar-refractivity contribution in [3.63, 3.8) is 0 Å². The maximum Gasteiger partial charge on any atom is 0.252 e. The maximum atomic E-state index is 13.3. The Balaban J connectivity index is 2.17. The average Bonchev–Trinajstić information content (AvgIpc) is 2.68. The molecule has 1 unspecified atom stereocenters. The van der Waals surface area contributed by atoms with E-state index in [-0.39, 0.29) is 15.9 Å². The van der Waals surface area contributed by atoms with Crippen LogP contribution in [-0.4, -0.2) is 24.5 Å². The van der Waals surface area contributed by atoms with Gasteiger partial charge in [-0.3, -0.25) is 4.79 Å². The number of amides is 1. The lowest BCUT2D eigenvalue weighted by atomic mass is 10.0. The largest absolute Gasteiger partial charge is 0.346 e. The van der Waals surface area contributed by atoms with Crippen LogP contribution >= 0.6 is 15.9 Å². The highest BCUT2D eigenvalue weighted by molar-refractivity contribution is 9.10. The van der Waals surface area contributed by atoms with Gasteiger partial charge in [-0.1, -0.05) is 6.07 Å². The Morgan fingerprint density at radius 1 is 1.59 bits per heavy atom. The highest BCUT2D eigenvalue weighted by atomic mass is 79.9. The van der Waals surface area contributed by atoms with Crippen LogP contribution in [0.4, 0.5) is 4.39 Å². The monoisotopic (exact) mass is 300 g/mol. The fourth-order valence-electron chi connectivity index (χ4n) is 1.94. The quantitative estimate of drug-likeness (QED) is 0.878. The van der Waals surface area contributed by atoms with Crippen molar-refractivity contribution in [2.24, 2.45) is 0 Å². The molecule has 1 aliphatic heterocycles. The molecule has 2 rings (SSSR count). The Kier molecular flexibility index (Phi) is 3.49. The van der Waals surface area contributed by atoms with Gasteiger partial charge in [0.25, 0.3) is 5.91 Å². The van der Waals surface area contributed by atoms with Crippen molar-refractivity contribution >= 4 is 21.8 Å². The summed E-state index contributed by atoms with van der Waals surface area (Å²) >= 11 is 3.10. The third-order valence-electron chi connectivity index (χ3n) is 2.98. The van der Waals surface area contributed by atoms with Gasteiger partial charge in [-0.25, -0.2) is 4.39 Å². The molecule has 1 amide bonds. The fourth-order valence-corrected chi connectivity index (χ4v) is 2.39. The predicted molar refractivity (Wildman–Crippen MR) is 67.5 cm³/mol. The maximum absolute atomic E-state index is 13.3. The molecule has 0 saturated carbocycles. The van der Waals surface area contributed by atoms with Crippen LogP contribution in [0.5, 0.6) is 0 Å². The Hall–Kier alpha value is -0.940. The van der Waals surface area contributed by atoms with Gasteiger partial charge in [0.05, 0.1) is 15.6 Å². The Morgan fingerprint density at radius 3 is 3.00 bits per heavy atom. The summed E-state index contributed by atoms with van der Waals surface area (Å²) in [4.78, 5) is 12.0. The van der Waals surface area contributed by atoms with Crippen LogP contribution in [0.1, 0.15) is 23.7 Å². The van der Waals surface area contributed by atoms with E-state index in [1.807, 2.05) is 6.92 Å². The molecule has 1 aromatic carbocycles. The van der Waals surface area contributed by atoms with E-state index in [0.29, 0.717) is 5.56 Å². The van der Waals surface area contributed by atoms with E-state index in [1.54, 1.807) is 6.07 Å². The standard InChI is InChI=1S/C12H14BrFN2O/c1-12(5-6-15-7-12)16-11(17)8-3-2-4-9(14)10(8)13/h2-4,15H,5-7H2,1H3,(H,16,17). The van der Waals surface area contributed by atoms with Gasteiger partial charge in [0, 0.05) is 6.54 Å². The zero-order chi connectivity index (χ0) is 12.5. The van der Waals surface area contributed by atoms with E-state index in [4.69, 9.17) is 0 Å². The Labute approximate surface area is 108 Å². The van der Waals surface area contributed by atoms with E-state index >= 15 is 0 Å². The molecule has 17 heavy (non-hydrogen) atoms. The van der Waals surface area contributed by atoms with Crippen molar-refractivity contribution in [3.8, 4) is 0 Å². The SMILES string of the molecule is CC1(NC(=O)c2cccc(F)c2Br)CCNC1. The summed E-state index contributed by atoms with van der Waals surface area (Å²) in [6.45, 7) is 3.62. The normalized spacial score (nSPS) is 23.7. The average molecular weight is 301 g/mol. The zero-order valence-corrected chi connectivity index (χ0v) is 11.1. The number of benzene rings is 1. The first-order valence-electron chi connectivity index (χ1n) is 5.49. The van der Waals surface area contributed by atoms with Gasteiger partial charge in [-0.2, -0.15) is 0 Å². The second kappa shape index (κ2) is 4.74. The summed E-state index contributed by atoms with van der Waals surface area (Å²) in [6.07, 6.45) is 0.881. The smallest absolute Gasteiger partial charge is 0.252 e.